The number of halogens is 1. The van der Waals surface area contributed by atoms with Gasteiger partial charge in [0.1, 0.15) is 22.4 Å². The molecule has 1 aromatic rings. The highest BCUT2D eigenvalue weighted by Crippen LogP contribution is 2.24. The van der Waals surface area contributed by atoms with Crippen LogP contribution in [-0.4, -0.2) is 42.4 Å². The van der Waals surface area contributed by atoms with E-state index in [2.05, 4.69) is 15.3 Å². The summed E-state index contributed by atoms with van der Waals surface area (Å²) in [5.41, 5.74) is -0.268. The molecule has 1 unspecified atom stereocenters. The van der Waals surface area contributed by atoms with Gasteiger partial charge in [0.2, 0.25) is 0 Å². The van der Waals surface area contributed by atoms with Gasteiger partial charge in [0, 0.05) is 38.7 Å². The fraction of sp³-hybridized carbons (Fsp3) is 0.692. The molecular weight excluding hydrogens is 266 g/mol. The van der Waals surface area contributed by atoms with Crippen molar-refractivity contribution in [1.82, 2.24) is 9.97 Å². The highest BCUT2D eigenvalue weighted by molar-refractivity contribution is 6.29. The van der Waals surface area contributed by atoms with Crippen LogP contribution in [0.2, 0.25) is 5.15 Å². The molecule has 2 rings (SSSR count). The lowest BCUT2D eigenvalue weighted by Gasteiger charge is -2.26. The molecule has 1 aliphatic rings. The van der Waals surface area contributed by atoms with Crippen LogP contribution in [0.4, 0.5) is 5.82 Å². The van der Waals surface area contributed by atoms with E-state index < -0.39 is 0 Å². The van der Waals surface area contributed by atoms with Crippen LogP contribution in [0.3, 0.4) is 0 Å². The maximum absolute atomic E-state index is 6.01. The molecule has 0 saturated carbocycles. The summed E-state index contributed by atoms with van der Waals surface area (Å²) in [6, 6.07) is 1.73. The maximum atomic E-state index is 6.01. The second-order valence-electron chi connectivity index (χ2n) is 5.13. The van der Waals surface area contributed by atoms with Gasteiger partial charge in [-0.2, -0.15) is 0 Å². The van der Waals surface area contributed by atoms with Gasteiger partial charge in [-0.3, -0.25) is 0 Å². The number of methoxy groups -OCH3 is 1. The van der Waals surface area contributed by atoms with Gasteiger partial charge in [-0.15, -0.1) is 0 Å². The third kappa shape index (κ3) is 3.55. The minimum atomic E-state index is -0.268. The van der Waals surface area contributed by atoms with Crippen LogP contribution in [0.25, 0.3) is 0 Å². The van der Waals surface area contributed by atoms with E-state index in [0.717, 1.165) is 24.7 Å². The monoisotopic (exact) mass is 285 g/mol. The molecule has 1 saturated heterocycles. The van der Waals surface area contributed by atoms with Crippen LogP contribution in [0.15, 0.2) is 6.07 Å². The smallest absolute Gasteiger partial charge is 0.135 e. The number of rotatable bonds is 5. The topological polar surface area (TPSA) is 56.3 Å². The molecule has 0 radical (unpaired) electrons. The lowest BCUT2D eigenvalue weighted by atomic mass is 10.0. The Bertz CT molecular complexity index is 434. The van der Waals surface area contributed by atoms with Crippen molar-refractivity contribution in [1.29, 1.82) is 0 Å². The van der Waals surface area contributed by atoms with Crippen LogP contribution >= 0.6 is 11.6 Å². The second-order valence-corrected chi connectivity index (χ2v) is 5.52. The zero-order valence-corrected chi connectivity index (χ0v) is 12.3. The predicted molar refractivity (Wildman–Crippen MR) is 74.8 cm³/mol. The quantitative estimate of drug-likeness (QED) is 0.842. The van der Waals surface area contributed by atoms with E-state index in [4.69, 9.17) is 21.1 Å². The van der Waals surface area contributed by atoms with Crippen molar-refractivity contribution in [2.75, 3.05) is 32.2 Å². The summed E-state index contributed by atoms with van der Waals surface area (Å²) in [6.45, 7) is 6.06. The number of nitrogens with one attached hydrogen (secondary N) is 1. The van der Waals surface area contributed by atoms with Gasteiger partial charge in [0.25, 0.3) is 0 Å². The van der Waals surface area contributed by atoms with Gasteiger partial charge in [-0.1, -0.05) is 25.4 Å². The zero-order chi connectivity index (χ0) is 13.9. The summed E-state index contributed by atoms with van der Waals surface area (Å²) < 4.78 is 11.0. The number of aromatic nitrogens is 2. The second kappa shape index (κ2) is 6.03. The Labute approximate surface area is 118 Å². The Morgan fingerprint density at radius 3 is 2.89 bits per heavy atom. The van der Waals surface area contributed by atoms with Crippen molar-refractivity contribution >= 4 is 17.4 Å². The molecule has 1 fully saturated rings. The molecule has 0 bridgehead atoms. The van der Waals surface area contributed by atoms with Gasteiger partial charge < -0.3 is 14.8 Å². The summed E-state index contributed by atoms with van der Waals surface area (Å²) in [5, 5.41) is 3.73. The molecule has 1 aliphatic heterocycles. The first-order valence-electron chi connectivity index (χ1n) is 6.46. The molecule has 106 valence electrons. The number of hydrogen-bond acceptors (Lipinski definition) is 5. The molecule has 5 nitrogen and oxygen atoms in total. The van der Waals surface area contributed by atoms with Crippen molar-refractivity contribution in [2.45, 2.75) is 31.8 Å². The predicted octanol–water partition coefficient (Wildman–Crippen LogP) is 2.47. The first kappa shape index (κ1) is 14.5. The molecular formula is C13H20ClN3O2. The van der Waals surface area contributed by atoms with E-state index >= 15 is 0 Å². The van der Waals surface area contributed by atoms with E-state index in [1.807, 2.05) is 13.8 Å². The van der Waals surface area contributed by atoms with Crippen molar-refractivity contribution in [3.63, 3.8) is 0 Å². The number of anilines is 1. The molecule has 1 atom stereocenters. The Kier molecular flexibility index (Phi) is 4.60. The van der Waals surface area contributed by atoms with Gasteiger partial charge in [-0.25, -0.2) is 9.97 Å². The van der Waals surface area contributed by atoms with Crippen LogP contribution in [0.5, 0.6) is 0 Å². The van der Waals surface area contributed by atoms with E-state index in [9.17, 15) is 0 Å². The minimum Gasteiger partial charge on any atom is -0.378 e. The fourth-order valence-electron chi connectivity index (χ4n) is 2.00. The standard InChI is InChI=1S/C13H20ClN3O2/c1-9(2)12-16-10(14)6-11(17-12)15-7-13(18-3)4-5-19-8-13/h6,9H,4-5,7-8H2,1-3H3,(H,15,16,17). The summed E-state index contributed by atoms with van der Waals surface area (Å²) in [4.78, 5) is 8.67. The van der Waals surface area contributed by atoms with Crippen LogP contribution < -0.4 is 5.32 Å². The van der Waals surface area contributed by atoms with Gasteiger partial charge in [0.15, 0.2) is 0 Å². The molecule has 2 heterocycles. The van der Waals surface area contributed by atoms with E-state index in [0.29, 0.717) is 18.3 Å². The Morgan fingerprint density at radius 1 is 1.53 bits per heavy atom. The Hall–Kier alpha value is -0.910. The molecule has 1 N–H and O–H groups in total. The molecule has 1 aromatic heterocycles. The lowest BCUT2D eigenvalue weighted by molar-refractivity contribution is -0.00625. The van der Waals surface area contributed by atoms with Crippen molar-refractivity contribution in [3.8, 4) is 0 Å². The van der Waals surface area contributed by atoms with Crippen LogP contribution in [0.1, 0.15) is 32.0 Å². The number of hydrogen-bond donors (Lipinski definition) is 1. The molecule has 6 heteroatoms. The average Bonchev–Trinajstić information content (AvgIpc) is 2.85. The molecule has 0 aromatic carbocycles. The van der Waals surface area contributed by atoms with Crippen molar-refractivity contribution in [2.24, 2.45) is 0 Å². The van der Waals surface area contributed by atoms with Crippen LogP contribution in [-0.2, 0) is 9.47 Å². The Morgan fingerprint density at radius 2 is 2.32 bits per heavy atom. The maximum Gasteiger partial charge on any atom is 0.135 e. The number of ether oxygens (including phenoxy) is 2. The summed E-state index contributed by atoms with van der Waals surface area (Å²) in [7, 11) is 1.71. The highest BCUT2D eigenvalue weighted by Gasteiger charge is 2.34. The van der Waals surface area contributed by atoms with E-state index in [1.165, 1.54) is 0 Å². The van der Waals surface area contributed by atoms with Gasteiger partial charge >= 0.3 is 0 Å². The first-order chi connectivity index (χ1) is 9.04. The largest absolute Gasteiger partial charge is 0.378 e. The van der Waals surface area contributed by atoms with Crippen LogP contribution in [0, 0.1) is 0 Å². The normalized spacial score (nSPS) is 23.0. The zero-order valence-electron chi connectivity index (χ0n) is 11.6. The van der Waals surface area contributed by atoms with Gasteiger partial charge in [0.05, 0.1) is 6.61 Å². The fourth-order valence-corrected chi connectivity index (χ4v) is 2.19. The SMILES string of the molecule is COC1(CNc2cc(Cl)nc(C(C)C)n2)CCOC1. The summed E-state index contributed by atoms with van der Waals surface area (Å²) in [6.07, 6.45) is 0.881. The van der Waals surface area contributed by atoms with E-state index in [-0.39, 0.29) is 11.5 Å². The number of nitrogens with zero attached hydrogens (tertiary/aromatic N) is 2. The summed E-state index contributed by atoms with van der Waals surface area (Å²) >= 11 is 6.01. The first-order valence-corrected chi connectivity index (χ1v) is 6.84. The van der Waals surface area contributed by atoms with Gasteiger partial charge in [-0.05, 0) is 0 Å². The minimum absolute atomic E-state index is 0.241. The summed E-state index contributed by atoms with van der Waals surface area (Å²) in [5.74, 6) is 1.71. The molecule has 0 aliphatic carbocycles. The third-order valence-corrected chi connectivity index (χ3v) is 3.51. The average molecular weight is 286 g/mol. The van der Waals surface area contributed by atoms with E-state index in [1.54, 1.807) is 13.2 Å². The highest BCUT2D eigenvalue weighted by atomic mass is 35.5. The van der Waals surface area contributed by atoms with Crippen molar-refractivity contribution in [3.05, 3.63) is 17.0 Å². The lowest BCUT2D eigenvalue weighted by Crippen LogP contribution is -2.39. The Balaban J connectivity index is 2.06. The van der Waals surface area contributed by atoms with Crippen molar-refractivity contribution < 1.29 is 9.47 Å². The molecule has 0 amide bonds. The molecule has 0 spiro atoms. The molecule has 19 heavy (non-hydrogen) atoms. The third-order valence-electron chi connectivity index (χ3n) is 3.32.